The van der Waals surface area contributed by atoms with E-state index in [0.717, 1.165) is 6.07 Å². The zero-order valence-electron chi connectivity index (χ0n) is 15.5. The van der Waals surface area contributed by atoms with E-state index in [-0.39, 0.29) is 16.2 Å². The van der Waals surface area contributed by atoms with Gasteiger partial charge in [0.25, 0.3) is 16.0 Å². The highest BCUT2D eigenvalue weighted by Gasteiger charge is 2.13. The molecule has 2 aromatic rings. The molecule has 2 aromatic carbocycles. The van der Waals surface area contributed by atoms with Gasteiger partial charge < -0.3 is 20.1 Å². The molecule has 152 valence electrons. The summed E-state index contributed by atoms with van der Waals surface area (Å²) in [5.41, 5.74) is -0.0965. The number of hydrogen-bond acceptors (Lipinski definition) is 7. The van der Waals surface area contributed by atoms with Crippen LogP contribution in [-0.4, -0.2) is 39.1 Å². The number of hydrogen-bond donors (Lipinski definition) is 3. The molecule has 0 aliphatic heterocycles. The van der Waals surface area contributed by atoms with Crippen molar-refractivity contribution in [3.8, 4) is 17.6 Å². The second kappa shape index (κ2) is 10.1. The number of benzene rings is 2. The molecule has 0 radical (unpaired) electrons. The third kappa shape index (κ3) is 6.84. The predicted octanol–water partition coefficient (Wildman–Crippen LogP) is 1.96. The molecule has 3 N–H and O–H groups in total. The molecule has 0 saturated heterocycles. The number of rotatable bonds is 9. The summed E-state index contributed by atoms with van der Waals surface area (Å²) in [5, 5.41) is 14.3. The molecular formula is C19H19N3O6S. The van der Waals surface area contributed by atoms with Crippen molar-refractivity contribution in [3.05, 3.63) is 60.3 Å². The average Bonchev–Trinajstić information content (AvgIpc) is 2.70. The van der Waals surface area contributed by atoms with Crippen LogP contribution >= 0.6 is 0 Å². The van der Waals surface area contributed by atoms with Crippen molar-refractivity contribution in [2.45, 2.75) is 4.90 Å². The molecule has 9 nitrogen and oxygen atoms in total. The highest BCUT2D eigenvalue weighted by Crippen LogP contribution is 2.17. The van der Waals surface area contributed by atoms with Crippen LogP contribution in [0.25, 0.3) is 0 Å². The molecule has 0 aliphatic carbocycles. The van der Waals surface area contributed by atoms with Crippen LogP contribution in [0.1, 0.15) is 0 Å². The lowest BCUT2D eigenvalue weighted by molar-refractivity contribution is -0.112. The molecule has 0 spiro atoms. The van der Waals surface area contributed by atoms with Crippen molar-refractivity contribution in [3.63, 3.8) is 0 Å². The van der Waals surface area contributed by atoms with Gasteiger partial charge in [0.15, 0.2) is 0 Å². The smallest absolute Gasteiger partial charge is 0.294 e. The molecule has 2 rings (SSSR count). The van der Waals surface area contributed by atoms with E-state index < -0.39 is 16.0 Å². The molecule has 0 aliphatic rings. The van der Waals surface area contributed by atoms with E-state index in [1.54, 1.807) is 37.4 Å². The fourth-order valence-electron chi connectivity index (χ4n) is 2.16. The number of nitriles is 1. The van der Waals surface area contributed by atoms with Crippen LogP contribution in [-0.2, 0) is 14.9 Å². The fourth-order valence-corrected chi connectivity index (χ4v) is 2.68. The highest BCUT2D eigenvalue weighted by molar-refractivity contribution is 7.85. The van der Waals surface area contributed by atoms with Gasteiger partial charge in [0.05, 0.1) is 12.0 Å². The molecule has 0 fully saturated rings. The van der Waals surface area contributed by atoms with Crippen LogP contribution in [0.15, 0.2) is 65.2 Å². The summed E-state index contributed by atoms with van der Waals surface area (Å²) in [4.78, 5) is 11.8. The Hall–Kier alpha value is -3.55. The SMILES string of the molecule is COc1ccc(OCCN/C=C(/C#N)C(=O)Nc2cccc(S(=O)(=O)O)c2)cc1. The Bertz CT molecular complexity index is 1030. The summed E-state index contributed by atoms with van der Waals surface area (Å²) >= 11 is 0. The van der Waals surface area contributed by atoms with Gasteiger partial charge in [-0.1, -0.05) is 6.07 Å². The van der Waals surface area contributed by atoms with Crippen LogP contribution < -0.4 is 20.1 Å². The van der Waals surface area contributed by atoms with E-state index in [9.17, 15) is 13.2 Å². The summed E-state index contributed by atoms with van der Waals surface area (Å²) in [7, 11) is -2.83. The van der Waals surface area contributed by atoms with E-state index in [1.807, 2.05) is 0 Å². The van der Waals surface area contributed by atoms with Gasteiger partial charge in [0.1, 0.15) is 29.7 Å². The number of carbonyl (C=O) groups is 1. The maximum absolute atomic E-state index is 12.2. The zero-order chi connectivity index (χ0) is 21.3. The average molecular weight is 417 g/mol. The Morgan fingerprint density at radius 3 is 2.52 bits per heavy atom. The lowest BCUT2D eigenvalue weighted by Crippen LogP contribution is -2.20. The first-order valence-corrected chi connectivity index (χ1v) is 9.77. The van der Waals surface area contributed by atoms with Crippen LogP contribution in [0.2, 0.25) is 0 Å². The number of amides is 1. The minimum Gasteiger partial charge on any atom is -0.497 e. The van der Waals surface area contributed by atoms with Gasteiger partial charge in [0, 0.05) is 18.4 Å². The lowest BCUT2D eigenvalue weighted by Gasteiger charge is -2.08. The normalized spacial score (nSPS) is 11.3. The summed E-state index contributed by atoms with van der Waals surface area (Å²) in [6.45, 7) is 0.627. The molecular weight excluding hydrogens is 398 g/mol. The quantitative estimate of drug-likeness (QED) is 0.244. The van der Waals surface area contributed by atoms with Crippen LogP contribution in [0, 0.1) is 11.3 Å². The van der Waals surface area contributed by atoms with Crippen LogP contribution in [0.5, 0.6) is 11.5 Å². The first kappa shape index (κ1) is 21.7. The summed E-state index contributed by atoms with van der Waals surface area (Å²) in [6, 6.07) is 13.8. The molecule has 10 heteroatoms. The molecule has 0 aromatic heterocycles. The summed E-state index contributed by atoms with van der Waals surface area (Å²) in [6.07, 6.45) is 1.24. The van der Waals surface area contributed by atoms with E-state index in [0.29, 0.717) is 24.7 Å². The number of nitrogens with zero attached hydrogens (tertiary/aromatic N) is 1. The Morgan fingerprint density at radius 1 is 1.21 bits per heavy atom. The molecule has 0 atom stereocenters. The lowest BCUT2D eigenvalue weighted by atomic mass is 10.2. The van der Waals surface area contributed by atoms with Crippen LogP contribution in [0.3, 0.4) is 0 Å². The number of methoxy groups -OCH3 is 1. The van der Waals surface area contributed by atoms with Crippen molar-refractivity contribution < 1.29 is 27.2 Å². The molecule has 0 heterocycles. The second-order valence-electron chi connectivity index (χ2n) is 5.60. The predicted molar refractivity (Wildman–Crippen MR) is 105 cm³/mol. The van der Waals surface area contributed by atoms with Crippen molar-refractivity contribution in [1.29, 1.82) is 5.26 Å². The van der Waals surface area contributed by atoms with Gasteiger partial charge in [-0.3, -0.25) is 9.35 Å². The van der Waals surface area contributed by atoms with Crippen molar-refractivity contribution in [2.24, 2.45) is 0 Å². The van der Waals surface area contributed by atoms with E-state index in [2.05, 4.69) is 10.6 Å². The third-order valence-corrected chi connectivity index (χ3v) is 4.43. The molecule has 0 unspecified atom stereocenters. The molecule has 29 heavy (non-hydrogen) atoms. The van der Waals surface area contributed by atoms with E-state index in [1.165, 1.54) is 24.4 Å². The van der Waals surface area contributed by atoms with Gasteiger partial charge in [-0.25, -0.2) is 0 Å². The monoisotopic (exact) mass is 417 g/mol. The van der Waals surface area contributed by atoms with Gasteiger partial charge in [-0.15, -0.1) is 0 Å². The minimum absolute atomic E-state index is 0.120. The number of carbonyl (C=O) groups excluding carboxylic acids is 1. The molecule has 0 bridgehead atoms. The summed E-state index contributed by atoms with van der Waals surface area (Å²) in [5.74, 6) is 0.627. The first-order valence-electron chi connectivity index (χ1n) is 8.33. The fraction of sp³-hybridized carbons (Fsp3) is 0.158. The Balaban J connectivity index is 1.87. The second-order valence-corrected chi connectivity index (χ2v) is 7.03. The Labute approximate surface area is 168 Å². The number of anilines is 1. The van der Waals surface area contributed by atoms with Gasteiger partial charge in [-0.2, -0.15) is 13.7 Å². The van der Waals surface area contributed by atoms with Crippen LogP contribution in [0.4, 0.5) is 5.69 Å². The van der Waals surface area contributed by atoms with Gasteiger partial charge in [-0.05, 0) is 42.5 Å². The minimum atomic E-state index is -4.40. The summed E-state index contributed by atoms with van der Waals surface area (Å²) < 4.78 is 41.9. The zero-order valence-corrected chi connectivity index (χ0v) is 16.3. The Morgan fingerprint density at radius 2 is 1.90 bits per heavy atom. The maximum atomic E-state index is 12.2. The largest absolute Gasteiger partial charge is 0.497 e. The number of nitrogens with one attached hydrogen (secondary N) is 2. The maximum Gasteiger partial charge on any atom is 0.294 e. The Kier molecular flexibility index (Phi) is 7.59. The third-order valence-electron chi connectivity index (χ3n) is 3.58. The van der Waals surface area contributed by atoms with Crippen molar-refractivity contribution >= 4 is 21.7 Å². The molecule has 1 amide bonds. The van der Waals surface area contributed by atoms with Crippen molar-refractivity contribution in [1.82, 2.24) is 5.32 Å². The van der Waals surface area contributed by atoms with E-state index in [4.69, 9.17) is 19.3 Å². The van der Waals surface area contributed by atoms with E-state index >= 15 is 0 Å². The topological polar surface area (TPSA) is 138 Å². The standard InChI is InChI=1S/C19H19N3O6S/c1-27-16-5-7-17(8-6-16)28-10-9-21-13-14(12-20)19(23)22-15-3-2-4-18(11-15)29(24,25)26/h2-8,11,13,21H,9-10H2,1H3,(H,22,23)(H,24,25,26)/b14-13-. The van der Waals surface area contributed by atoms with Crippen molar-refractivity contribution in [2.75, 3.05) is 25.6 Å². The highest BCUT2D eigenvalue weighted by atomic mass is 32.2. The first-order chi connectivity index (χ1) is 13.8. The number of ether oxygens (including phenoxy) is 2. The molecule has 0 saturated carbocycles. The van der Waals surface area contributed by atoms with Gasteiger partial charge in [0.2, 0.25) is 0 Å². The van der Waals surface area contributed by atoms with Gasteiger partial charge >= 0.3 is 0 Å².